The summed E-state index contributed by atoms with van der Waals surface area (Å²) in [5.74, 6) is 2.35. The first-order valence-electron chi connectivity index (χ1n) is 17.7. The minimum absolute atomic E-state index is 0.0516. The summed E-state index contributed by atoms with van der Waals surface area (Å²) in [4.78, 5) is 19.6. The molecule has 1 aliphatic carbocycles. The van der Waals surface area contributed by atoms with E-state index in [4.69, 9.17) is 9.97 Å². The molecular formula is C38H44FN7. The Balaban J connectivity index is 1.09. The number of halogens is 1. The Labute approximate surface area is 269 Å². The van der Waals surface area contributed by atoms with Crippen LogP contribution in [0.3, 0.4) is 0 Å². The Morgan fingerprint density at radius 2 is 1.20 bits per heavy atom. The lowest BCUT2D eigenvalue weighted by Gasteiger charge is -2.34. The summed E-state index contributed by atoms with van der Waals surface area (Å²) in [7, 11) is 0. The van der Waals surface area contributed by atoms with E-state index in [1.807, 2.05) is 6.07 Å². The lowest BCUT2D eigenvalue weighted by atomic mass is 9.84. The van der Waals surface area contributed by atoms with Crippen LogP contribution in [0, 0.1) is 5.82 Å². The number of hydrogen-bond donors (Lipinski definition) is 4. The molecule has 238 valence electrons. The Hall–Kier alpha value is -3.75. The van der Waals surface area contributed by atoms with Crippen LogP contribution in [0.1, 0.15) is 129 Å². The van der Waals surface area contributed by atoms with E-state index in [2.05, 4.69) is 74.0 Å². The number of aromatic nitrogens is 4. The smallest absolute Gasteiger partial charge is 0.128 e. The van der Waals surface area contributed by atoms with Gasteiger partial charge in [-0.3, -0.25) is 0 Å². The van der Waals surface area contributed by atoms with E-state index in [1.54, 1.807) is 0 Å². The molecule has 46 heavy (non-hydrogen) atoms. The first-order valence-corrected chi connectivity index (χ1v) is 17.7. The van der Waals surface area contributed by atoms with E-state index in [0.717, 1.165) is 96.6 Å². The number of hydrogen-bond acceptors (Lipinski definition) is 5. The van der Waals surface area contributed by atoms with Gasteiger partial charge in [0.2, 0.25) is 0 Å². The third kappa shape index (κ3) is 5.10. The van der Waals surface area contributed by atoms with Crippen LogP contribution < -0.4 is 15.5 Å². The standard InChI is InChI=1S/C38H44FN7/c39-28-22-26(12-13-27(28)23-6-2-1-3-7-23)46-35(24-10-14-29-33(20-24)44-37(42-29)31-8-4-18-40-31)16-17-36(46)25-11-15-30-34(21-25)45-38(43-30)32-9-5-19-41-32/h10-15,20-23,31-32,35-36,40-41H,1-9,16-19H2,(H,42,44)(H,43,45)/t31-,32-,35+,36+/m0/s1. The molecule has 4 atom stereocenters. The molecule has 9 rings (SSSR count). The predicted octanol–water partition coefficient (Wildman–Crippen LogP) is 8.56. The van der Waals surface area contributed by atoms with Gasteiger partial charge in [-0.25, -0.2) is 14.4 Å². The number of nitrogens with zero attached hydrogens (tertiary/aromatic N) is 3. The van der Waals surface area contributed by atoms with Crippen LogP contribution in [0.4, 0.5) is 10.1 Å². The molecule has 2 aromatic heterocycles. The van der Waals surface area contributed by atoms with Crippen LogP contribution in [0.25, 0.3) is 22.1 Å². The third-order valence-corrected chi connectivity index (χ3v) is 11.3. The highest BCUT2D eigenvalue weighted by Crippen LogP contribution is 2.48. The van der Waals surface area contributed by atoms with E-state index >= 15 is 4.39 Å². The van der Waals surface area contributed by atoms with Gasteiger partial charge in [-0.15, -0.1) is 0 Å². The van der Waals surface area contributed by atoms with Crippen molar-refractivity contribution in [3.63, 3.8) is 0 Å². The first kappa shape index (κ1) is 28.5. The topological polar surface area (TPSA) is 84.7 Å². The second-order valence-corrected chi connectivity index (χ2v) is 14.2. The summed E-state index contributed by atoms with van der Waals surface area (Å²) in [5, 5.41) is 7.14. The molecule has 0 radical (unpaired) electrons. The zero-order chi connectivity index (χ0) is 30.6. The molecule has 0 bridgehead atoms. The summed E-state index contributed by atoms with van der Waals surface area (Å²) in [6.07, 6.45) is 12.4. The molecule has 0 unspecified atom stereocenters. The fourth-order valence-corrected chi connectivity index (χ4v) is 8.92. The minimum atomic E-state index is -0.0516. The van der Waals surface area contributed by atoms with Crippen LogP contribution in [0.2, 0.25) is 0 Å². The third-order valence-electron chi connectivity index (χ3n) is 11.3. The molecule has 8 heteroatoms. The van der Waals surface area contributed by atoms with Crippen molar-refractivity contribution < 1.29 is 4.39 Å². The molecule has 3 aromatic carbocycles. The van der Waals surface area contributed by atoms with Gasteiger partial charge in [-0.2, -0.15) is 0 Å². The molecule has 1 saturated carbocycles. The monoisotopic (exact) mass is 617 g/mol. The highest BCUT2D eigenvalue weighted by molar-refractivity contribution is 5.78. The van der Waals surface area contributed by atoms with Crippen molar-refractivity contribution in [3.05, 3.63) is 88.8 Å². The van der Waals surface area contributed by atoms with Gasteiger partial charge in [-0.05, 0) is 123 Å². The van der Waals surface area contributed by atoms with E-state index in [9.17, 15) is 0 Å². The number of imidazole rings is 2. The molecule has 5 heterocycles. The number of rotatable bonds is 6. The van der Waals surface area contributed by atoms with Crippen molar-refractivity contribution in [1.29, 1.82) is 0 Å². The maximum absolute atomic E-state index is 16.0. The maximum Gasteiger partial charge on any atom is 0.128 e. The molecule has 0 amide bonds. The van der Waals surface area contributed by atoms with Crippen LogP contribution >= 0.6 is 0 Å². The Bertz CT molecular complexity index is 1760. The predicted molar refractivity (Wildman–Crippen MR) is 182 cm³/mol. The number of fused-ring (bicyclic) bond motifs is 2. The number of H-pyrrole nitrogens is 2. The largest absolute Gasteiger partial charge is 0.357 e. The molecule has 3 saturated heterocycles. The van der Waals surface area contributed by atoms with Gasteiger partial charge >= 0.3 is 0 Å². The lowest BCUT2D eigenvalue weighted by Crippen LogP contribution is -2.26. The lowest BCUT2D eigenvalue weighted by molar-refractivity contribution is 0.429. The normalized spacial score (nSPS) is 25.8. The molecule has 3 aliphatic heterocycles. The first-order chi connectivity index (χ1) is 22.7. The van der Waals surface area contributed by atoms with Gasteiger partial charge in [0, 0.05) is 5.69 Å². The zero-order valence-electron chi connectivity index (χ0n) is 26.5. The Morgan fingerprint density at radius 1 is 0.609 bits per heavy atom. The van der Waals surface area contributed by atoms with Crippen molar-refractivity contribution >= 4 is 27.8 Å². The van der Waals surface area contributed by atoms with E-state index in [-0.39, 0.29) is 17.9 Å². The highest BCUT2D eigenvalue weighted by Gasteiger charge is 2.37. The molecule has 4 N–H and O–H groups in total. The van der Waals surface area contributed by atoms with Crippen molar-refractivity contribution in [1.82, 2.24) is 30.6 Å². The van der Waals surface area contributed by atoms with Crippen LogP contribution in [0.15, 0.2) is 54.6 Å². The van der Waals surface area contributed by atoms with Crippen LogP contribution in [0.5, 0.6) is 0 Å². The second-order valence-electron chi connectivity index (χ2n) is 14.2. The number of aromatic amines is 2. The highest BCUT2D eigenvalue weighted by atomic mass is 19.1. The molecule has 0 spiro atoms. The molecule has 4 aliphatic rings. The summed E-state index contributed by atoms with van der Waals surface area (Å²) in [5.41, 5.74) is 8.53. The fraction of sp³-hybridized carbons (Fsp3) is 0.474. The Kier molecular flexibility index (Phi) is 7.30. The van der Waals surface area contributed by atoms with E-state index < -0.39 is 0 Å². The average Bonchev–Trinajstić information content (AvgIpc) is 3.93. The molecule has 5 aromatic rings. The second kappa shape index (κ2) is 11.8. The number of nitrogens with one attached hydrogen (secondary N) is 4. The zero-order valence-corrected chi connectivity index (χ0v) is 26.5. The molecule has 7 nitrogen and oxygen atoms in total. The SMILES string of the molecule is Fc1cc(N2[C@@H](c3ccc4nc([C@@H]5CCCN5)[nH]c4c3)CC[C@@H]2c2ccc3nc([C@@H]4CCCN4)[nH]c3c2)ccc1C1CCCCC1. The van der Waals surface area contributed by atoms with Gasteiger partial charge in [0.25, 0.3) is 0 Å². The average molecular weight is 618 g/mol. The number of benzene rings is 3. The fourth-order valence-electron chi connectivity index (χ4n) is 8.92. The van der Waals surface area contributed by atoms with Crippen molar-refractivity contribution in [2.45, 2.75) is 101 Å². The van der Waals surface area contributed by atoms with Gasteiger partial charge in [0.15, 0.2) is 0 Å². The van der Waals surface area contributed by atoms with Crippen molar-refractivity contribution in [3.8, 4) is 0 Å². The minimum Gasteiger partial charge on any atom is -0.357 e. The van der Waals surface area contributed by atoms with Crippen LogP contribution in [-0.2, 0) is 0 Å². The summed E-state index contributed by atoms with van der Waals surface area (Å²) in [6.45, 7) is 2.09. The maximum atomic E-state index is 16.0. The Morgan fingerprint density at radius 3 is 1.72 bits per heavy atom. The summed E-state index contributed by atoms with van der Waals surface area (Å²) < 4.78 is 16.0. The molecule has 4 fully saturated rings. The van der Waals surface area contributed by atoms with Gasteiger partial charge in [0.1, 0.15) is 17.5 Å². The van der Waals surface area contributed by atoms with E-state index in [1.165, 1.54) is 43.2 Å². The quantitative estimate of drug-likeness (QED) is 0.153. The van der Waals surface area contributed by atoms with Gasteiger partial charge < -0.3 is 25.5 Å². The van der Waals surface area contributed by atoms with Crippen molar-refractivity contribution in [2.75, 3.05) is 18.0 Å². The van der Waals surface area contributed by atoms with Gasteiger partial charge in [-0.1, -0.05) is 37.5 Å². The summed E-state index contributed by atoms with van der Waals surface area (Å²) >= 11 is 0. The number of anilines is 1. The molecular weight excluding hydrogens is 573 g/mol. The van der Waals surface area contributed by atoms with Crippen molar-refractivity contribution in [2.24, 2.45) is 0 Å². The van der Waals surface area contributed by atoms with E-state index in [0.29, 0.717) is 18.0 Å². The van der Waals surface area contributed by atoms with Gasteiger partial charge in [0.05, 0.1) is 46.2 Å². The summed E-state index contributed by atoms with van der Waals surface area (Å²) in [6, 6.07) is 20.3. The van der Waals surface area contributed by atoms with Crippen LogP contribution in [-0.4, -0.2) is 33.0 Å².